The summed E-state index contributed by atoms with van der Waals surface area (Å²) >= 11 is 0. The van der Waals surface area contributed by atoms with E-state index < -0.39 is 12.4 Å². The van der Waals surface area contributed by atoms with Gasteiger partial charge in [-0.1, -0.05) is 86.8 Å². The summed E-state index contributed by atoms with van der Waals surface area (Å²) in [4.78, 5) is 22.5. The zero-order chi connectivity index (χ0) is 20.9. The zero-order valence-electron chi connectivity index (χ0n) is 17.3. The summed E-state index contributed by atoms with van der Waals surface area (Å²) in [7, 11) is 0. The van der Waals surface area contributed by atoms with Gasteiger partial charge in [0.1, 0.15) is 13.0 Å². The number of rotatable bonds is 14. The maximum atomic E-state index is 11.8. The normalized spacial score (nSPS) is 12.1. The number of carbonyl (C=O) groups excluding carboxylic acids is 1. The smallest absolute Gasteiger partial charge is 0.310 e. The third kappa shape index (κ3) is 8.61. The molecule has 0 saturated carbocycles. The highest BCUT2D eigenvalue weighted by Gasteiger charge is 2.19. The summed E-state index contributed by atoms with van der Waals surface area (Å²) in [6.07, 6.45) is 5.44. The summed E-state index contributed by atoms with van der Waals surface area (Å²) in [6.45, 7) is 2.04. The van der Waals surface area contributed by atoms with E-state index in [0.29, 0.717) is 0 Å². The lowest BCUT2D eigenvalue weighted by Gasteiger charge is -2.23. The van der Waals surface area contributed by atoms with Crippen LogP contribution in [-0.4, -0.2) is 29.6 Å². The van der Waals surface area contributed by atoms with Crippen molar-refractivity contribution < 1.29 is 19.4 Å². The van der Waals surface area contributed by atoms with Gasteiger partial charge >= 0.3 is 5.97 Å². The third-order valence-corrected chi connectivity index (χ3v) is 5.14. The number of hydrogen-bond acceptors (Lipinski definition) is 3. The SMILES string of the molecule is CCCCCC(CCC(c1ccccc1)c1ccccc1)OCC(=O)CC(=O)O. The molecule has 0 aliphatic rings. The molecule has 1 atom stereocenters. The van der Waals surface area contributed by atoms with Crippen LogP contribution in [0.2, 0.25) is 0 Å². The molecule has 29 heavy (non-hydrogen) atoms. The minimum absolute atomic E-state index is 0.0331. The highest BCUT2D eigenvalue weighted by atomic mass is 16.5. The van der Waals surface area contributed by atoms with Crippen molar-refractivity contribution in [2.75, 3.05) is 6.61 Å². The van der Waals surface area contributed by atoms with E-state index in [9.17, 15) is 9.59 Å². The van der Waals surface area contributed by atoms with Crippen molar-refractivity contribution in [3.8, 4) is 0 Å². The maximum Gasteiger partial charge on any atom is 0.310 e. The van der Waals surface area contributed by atoms with Crippen molar-refractivity contribution in [2.45, 2.75) is 63.9 Å². The van der Waals surface area contributed by atoms with E-state index in [4.69, 9.17) is 9.84 Å². The summed E-state index contributed by atoms with van der Waals surface area (Å²) in [5.74, 6) is -1.21. The minimum Gasteiger partial charge on any atom is -0.481 e. The van der Waals surface area contributed by atoms with Gasteiger partial charge in [0.15, 0.2) is 5.78 Å². The Labute approximate surface area is 173 Å². The molecule has 4 heteroatoms. The number of ketones is 1. The first kappa shape index (κ1) is 22.8. The monoisotopic (exact) mass is 396 g/mol. The Morgan fingerprint density at radius 3 is 1.97 bits per heavy atom. The minimum atomic E-state index is -1.10. The molecule has 156 valence electrons. The number of benzene rings is 2. The van der Waals surface area contributed by atoms with E-state index in [0.717, 1.165) is 38.5 Å². The third-order valence-electron chi connectivity index (χ3n) is 5.14. The van der Waals surface area contributed by atoms with Crippen LogP contribution in [0, 0.1) is 0 Å². The molecule has 0 fully saturated rings. The summed E-state index contributed by atoms with van der Waals surface area (Å²) in [5.41, 5.74) is 2.54. The van der Waals surface area contributed by atoms with Crippen LogP contribution in [0.3, 0.4) is 0 Å². The van der Waals surface area contributed by atoms with Gasteiger partial charge in [-0.2, -0.15) is 0 Å². The van der Waals surface area contributed by atoms with Crippen LogP contribution in [0.5, 0.6) is 0 Å². The first-order valence-corrected chi connectivity index (χ1v) is 10.5. The molecule has 0 amide bonds. The second kappa shape index (κ2) is 12.9. The Hall–Kier alpha value is -2.46. The van der Waals surface area contributed by atoms with Gasteiger partial charge in [0, 0.05) is 5.92 Å². The van der Waals surface area contributed by atoms with Gasteiger partial charge < -0.3 is 9.84 Å². The van der Waals surface area contributed by atoms with Gasteiger partial charge in [0.05, 0.1) is 6.10 Å². The molecule has 0 aliphatic heterocycles. The summed E-state index contributed by atoms with van der Waals surface area (Å²) < 4.78 is 5.86. The Morgan fingerprint density at radius 1 is 0.862 bits per heavy atom. The van der Waals surface area contributed by atoms with E-state index in [1.165, 1.54) is 11.1 Å². The van der Waals surface area contributed by atoms with Gasteiger partial charge in [0.25, 0.3) is 0 Å². The number of ether oxygens (including phenoxy) is 1. The molecule has 0 spiro atoms. The van der Waals surface area contributed by atoms with E-state index in [1.807, 2.05) is 12.1 Å². The number of carboxylic acids is 1. The molecule has 2 rings (SSSR count). The summed E-state index contributed by atoms with van der Waals surface area (Å²) in [6, 6.07) is 20.9. The number of hydrogen-bond donors (Lipinski definition) is 1. The molecular formula is C25H32O4. The molecule has 2 aromatic carbocycles. The maximum absolute atomic E-state index is 11.8. The van der Waals surface area contributed by atoms with Crippen LogP contribution < -0.4 is 0 Å². The number of aliphatic carboxylic acids is 1. The quantitative estimate of drug-likeness (QED) is 0.333. The predicted molar refractivity (Wildman–Crippen MR) is 115 cm³/mol. The number of carboxylic acid groups (broad SMARTS) is 1. The predicted octanol–water partition coefficient (Wildman–Crippen LogP) is 5.61. The highest BCUT2D eigenvalue weighted by Crippen LogP contribution is 2.30. The Bertz CT molecular complexity index is 688. The van der Waals surface area contributed by atoms with Crippen LogP contribution in [0.15, 0.2) is 60.7 Å². The number of carbonyl (C=O) groups is 2. The molecule has 2 aromatic rings. The fraction of sp³-hybridized carbons (Fsp3) is 0.440. The fourth-order valence-corrected chi connectivity index (χ4v) is 3.61. The van der Waals surface area contributed by atoms with E-state index in [-0.39, 0.29) is 24.4 Å². The van der Waals surface area contributed by atoms with Crippen molar-refractivity contribution in [2.24, 2.45) is 0 Å². The average Bonchev–Trinajstić information content (AvgIpc) is 2.73. The topological polar surface area (TPSA) is 63.6 Å². The molecule has 0 saturated heterocycles. The Kier molecular flexibility index (Phi) is 10.1. The number of Topliss-reactive ketones (excluding diaryl/α,β-unsaturated/α-hetero) is 1. The van der Waals surface area contributed by atoms with Crippen LogP contribution >= 0.6 is 0 Å². The van der Waals surface area contributed by atoms with Crippen LogP contribution in [-0.2, 0) is 14.3 Å². The van der Waals surface area contributed by atoms with Crippen molar-refractivity contribution >= 4 is 11.8 Å². The molecule has 0 bridgehead atoms. The van der Waals surface area contributed by atoms with Gasteiger partial charge in [0.2, 0.25) is 0 Å². The first-order chi connectivity index (χ1) is 14.1. The van der Waals surface area contributed by atoms with Crippen molar-refractivity contribution in [3.63, 3.8) is 0 Å². The van der Waals surface area contributed by atoms with Crippen molar-refractivity contribution in [1.82, 2.24) is 0 Å². The van der Waals surface area contributed by atoms with E-state index in [1.54, 1.807) is 0 Å². The van der Waals surface area contributed by atoms with Gasteiger partial charge in [-0.05, 0) is 30.4 Å². The Balaban J connectivity index is 2.04. The van der Waals surface area contributed by atoms with Crippen molar-refractivity contribution in [3.05, 3.63) is 71.8 Å². The van der Waals surface area contributed by atoms with Gasteiger partial charge in [-0.15, -0.1) is 0 Å². The summed E-state index contributed by atoms with van der Waals surface area (Å²) in [5, 5.41) is 8.77. The second-order valence-electron chi connectivity index (χ2n) is 7.49. The van der Waals surface area contributed by atoms with Crippen LogP contribution in [0.1, 0.15) is 68.9 Å². The zero-order valence-corrected chi connectivity index (χ0v) is 17.3. The fourth-order valence-electron chi connectivity index (χ4n) is 3.61. The lowest BCUT2D eigenvalue weighted by atomic mass is 9.86. The number of unbranched alkanes of at least 4 members (excludes halogenated alkanes) is 2. The first-order valence-electron chi connectivity index (χ1n) is 10.5. The lowest BCUT2D eigenvalue weighted by molar-refractivity contribution is -0.142. The highest BCUT2D eigenvalue weighted by molar-refractivity contribution is 5.95. The molecular weight excluding hydrogens is 364 g/mol. The molecule has 4 nitrogen and oxygen atoms in total. The largest absolute Gasteiger partial charge is 0.481 e. The van der Waals surface area contributed by atoms with Crippen LogP contribution in [0.4, 0.5) is 0 Å². The van der Waals surface area contributed by atoms with E-state index in [2.05, 4.69) is 55.5 Å². The molecule has 0 radical (unpaired) electrons. The lowest BCUT2D eigenvalue weighted by Crippen LogP contribution is -2.21. The molecule has 1 unspecified atom stereocenters. The molecule has 1 N–H and O–H groups in total. The Morgan fingerprint density at radius 2 is 1.45 bits per heavy atom. The molecule has 0 aliphatic carbocycles. The molecule has 0 aromatic heterocycles. The second-order valence-corrected chi connectivity index (χ2v) is 7.49. The van der Waals surface area contributed by atoms with Crippen LogP contribution in [0.25, 0.3) is 0 Å². The van der Waals surface area contributed by atoms with Gasteiger partial charge in [-0.25, -0.2) is 0 Å². The average molecular weight is 397 g/mol. The standard InChI is InChI=1S/C25H32O4/c1-2-3-6-15-23(29-19-22(26)18-25(27)28)16-17-24(20-11-7-4-8-12-20)21-13-9-5-10-14-21/h4-5,7-14,23-24H,2-3,6,15-19H2,1H3,(H,27,28). The van der Waals surface area contributed by atoms with Crippen molar-refractivity contribution in [1.29, 1.82) is 0 Å². The van der Waals surface area contributed by atoms with Gasteiger partial charge in [-0.3, -0.25) is 9.59 Å². The van der Waals surface area contributed by atoms with E-state index >= 15 is 0 Å². The molecule has 0 heterocycles.